The summed E-state index contributed by atoms with van der Waals surface area (Å²) in [5, 5.41) is 4.40. The Morgan fingerprint density at radius 1 is 1.08 bits per heavy atom. The molecule has 5 heteroatoms. The van der Waals surface area contributed by atoms with Gasteiger partial charge in [0, 0.05) is 24.7 Å². The maximum atomic E-state index is 12.6. The van der Waals surface area contributed by atoms with Crippen molar-refractivity contribution in [3.05, 3.63) is 52.3 Å². The molecule has 1 aromatic carbocycles. The van der Waals surface area contributed by atoms with Crippen molar-refractivity contribution in [3.8, 4) is 11.3 Å². The fourth-order valence-electron chi connectivity index (χ4n) is 3.54. The number of hydrogen-bond acceptors (Lipinski definition) is 3. The summed E-state index contributed by atoms with van der Waals surface area (Å²) in [6, 6.07) is 11.2. The van der Waals surface area contributed by atoms with E-state index < -0.39 is 0 Å². The molecule has 5 nitrogen and oxygen atoms in total. The molecule has 0 unspecified atom stereocenters. The van der Waals surface area contributed by atoms with Crippen LogP contribution in [-0.2, 0) is 11.3 Å². The Kier molecular flexibility index (Phi) is 5.02. The zero-order chi connectivity index (χ0) is 18.0. The van der Waals surface area contributed by atoms with Crippen molar-refractivity contribution in [3.63, 3.8) is 0 Å². The highest BCUT2D eigenvalue weighted by molar-refractivity contribution is 5.76. The number of piperidine rings is 1. The highest BCUT2D eigenvalue weighted by atomic mass is 16.2. The standard InChI is InChI=1S/C20H25N3O2/c1-14-4-6-17(7-5-14)18-8-9-19(24)23(21-18)13-20(25)22-11-15(2)10-16(3)12-22/h4-9,15-16H,10-13H2,1-3H3/t15-,16-/m1/s1. The first-order valence-corrected chi connectivity index (χ1v) is 8.85. The first kappa shape index (κ1) is 17.4. The molecule has 0 saturated carbocycles. The normalized spacial score (nSPS) is 20.5. The summed E-state index contributed by atoms with van der Waals surface area (Å²) in [4.78, 5) is 26.6. The van der Waals surface area contributed by atoms with E-state index in [4.69, 9.17) is 0 Å². The highest BCUT2D eigenvalue weighted by Gasteiger charge is 2.25. The molecular weight excluding hydrogens is 314 g/mol. The second-order valence-corrected chi connectivity index (χ2v) is 7.33. The molecule has 25 heavy (non-hydrogen) atoms. The first-order valence-electron chi connectivity index (χ1n) is 8.85. The van der Waals surface area contributed by atoms with Crippen molar-refractivity contribution in [2.24, 2.45) is 11.8 Å². The minimum absolute atomic E-state index is 0.00201. The van der Waals surface area contributed by atoms with Crippen LogP contribution in [0.5, 0.6) is 0 Å². The molecule has 1 amide bonds. The Balaban J connectivity index is 1.80. The van der Waals surface area contributed by atoms with Gasteiger partial charge >= 0.3 is 0 Å². The molecule has 0 radical (unpaired) electrons. The topological polar surface area (TPSA) is 55.2 Å². The van der Waals surface area contributed by atoms with Crippen molar-refractivity contribution in [2.75, 3.05) is 13.1 Å². The van der Waals surface area contributed by atoms with Gasteiger partial charge in [0.05, 0.1) is 5.69 Å². The quantitative estimate of drug-likeness (QED) is 0.864. The maximum Gasteiger partial charge on any atom is 0.267 e. The molecular formula is C20H25N3O2. The molecule has 2 heterocycles. The molecule has 1 aliphatic rings. The van der Waals surface area contributed by atoms with Crippen LogP contribution in [0.3, 0.4) is 0 Å². The van der Waals surface area contributed by atoms with E-state index >= 15 is 0 Å². The minimum Gasteiger partial charge on any atom is -0.341 e. The number of likely N-dealkylation sites (tertiary alicyclic amines) is 1. The predicted molar refractivity (Wildman–Crippen MR) is 98.2 cm³/mol. The summed E-state index contributed by atoms with van der Waals surface area (Å²) in [5.74, 6) is 0.960. The van der Waals surface area contributed by atoms with Crippen molar-refractivity contribution >= 4 is 5.91 Å². The van der Waals surface area contributed by atoms with E-state index in [9.17, 15) is 9.59 Å². The second kappa shape index (κ2) is 7.21. The van der Waals surface area contributed by atoms with Gasteiger partial charge in [-0.05, 0) is 31.2 Å². The number of amides is 1. The maximum absolute atomic E-state index is 12.6. The third kappa shape index (κ3) is 4.16. The minimum atomic E-state index is -0.248. The van der Waals surface area contributed by atoms with Gasteiger partial charge in [-0.2, -0.15) is 5.10 Å². The highest BCUT2D eigenvalue weighted by Crippen LogP contribution is 2.21. The summed E-state index contributed by atoms with van der Waals surface area (Å²) in [7, 11) is 0. The summed E-state index contributed by atoms with van der Waals surface area (Å²) in [5.41, 5.74) is 2.56. The molecule has 0 bridgehead atoms. The lowest BCUT2D eigenvalue weighted by molar-refractivity contribution is -0.134. The lowest BCUT2D eigenvalue weighted by Crippen LogP contribution is -2.45. The Bertz CT molecular complexity index is 800. The number of nitrogens with zero attached hydrogens (tertiary/aromatic N) is 3. The molecule has 2 aromatic rings. The van der Waals surface area contributed by atoms with Gasteiger partial charge in [0.25, 0.3) is 5.56 Å². The molecule has 0 spiro atoms. The average molecular weight is 339 g/mol. The van der Waals surface area contributed by atoms with Crippen LogP contribution in [0.25, 0.3) is 11.3 Å². The molecule has 132 valence electrons. The van der Waals surface area contributed by atoms with Crippen molar-refractivity contribution in [1.29, 1.82) is 0 Å². The van der Waals surface area contributed by atoms with Crippen molar-refractivity contribution < 1.29 is 4.79 Å². The lowest BCUT2D eigenvalue weighted by atomic mass is 9.92. The van der Waals surface area contributed by atoms with Crippen LogP contribution < -0.4 is 5.56 Å². The van der Waals surface area contributed by atoms with Crippen LogP contribution >= 0.6 is 0 Å². The van der Waals surface area contributed by atoms with E-state index in [1.165, 1.54) is 16.3 Å². The molecule has 1 saturated heterocycles. The second-order valence-electron chi connectivity index (χ2n) is 7.33. The molecule has 0 N–H and O–H groups in total. The SMILES string of the molecule is Cc1ccc(-c2ccc(=O)n(CC(=O)N3C[C@H](C)C[C@@H](C)C3)n2)cc1. The van der Waals surface area contributed by atoms with E-state index in [1.807, 2.05) is 36.1 Å². The summed E-state index contributed by atoms with van der Waals surface area (Å²) in [6.07, 6.45) is 1.14. The Morgan fingerprint density at radius 3 is 2.36 bits per heavy atom. The van der Waals surface area contributed by atoms with Crippen LogP contribution in [0.1, 0.15) is 25.8 Å². The van der Waals surface area contributed by atoms with Crippen LogP contribution in [0.4, 0.5) is 0 Å². The largest absolute Gasteiger partial charge is 0.341 e. The summed E-state index contributed by atoms with van der Waals surface area (Å²) in [6.45, 7) is 7.87. The number of rotatable bonds is 3. The molecule has 2 atom stereocenters. The van der Waals surface area contributed by atoms with Gasteiger partial charge in [0.2, 0.25) is 5.91 Å². The zero-order valence-electron chi connectivity index (χ0n) is 15.1. The Morgan fingerprint density at radius 2 is 1.72 bits per heavy atom. The van der Waals surface area contributed by atoms with Crippen molar-refractivity contribution in [2.45, 2.75) is 33.7 Å². The number of hydrogen-bond donors (Lipinski definition) is 0. The fourth-order valence-corrected chi connectivity index (χ4v) is 3.54. The Labute approximate surface area is 148 Å². The van der Waals surface area contributed by atoms with Crippen LogP contribution in [-0.4, -0.2) is 33.7 Å². The third-order valence-electron chi connectivity index (χ3n) is 4.72. The van der Waals surface area contributed by atoms with Gasteiger partial charge in [-0.1, -0.05) is 43.7 Å². The predicted octanol–water partition coefficient (Wildman–Crippen LogP) is 2.72. The van der Waals surface area contributed by atoms with Gasteiger partial charge in [0.1, 0.15) is 6.54 Å². The van der Waals surface area contributed by atoms with E-state index in [0.717, 1.165) is 25.1 Å². The molecule has 1 aliphatic heterocycles. The van der Waals surface area contributed by atoms with Gasteiger partial charge in [-0.15, -0.1) is 0 Å². The average Bonchev–Trinajstić information content (AvgIpc) is 2.56. The van der Waals surface area contributed by atoms with E-state index in [-0.39, 0.29) is 18.0 Å². The zero-order valence-corrected chi connectivity index (χ0v) is 15.1. The van der Waals surface area contributed by atoms with Gasteiger partial charge < -0.3 is 4.90 Å². The summed E-state index contributed by atoms with van der Waals surface area (Å²) < 4.78 is 1.28. The number of carbonyl (C=O) groups is 1. The number of aromatic nitrogens is 2. The monoisotopic (exact) mass is 339 g/mol. The van der Waals surface area contributed by atoms with Crippen LogP contribution in [0, 0.1) is 18.8 Å². The molecule has 0 aliphatic carbocycles. The van der Waals surface area contributed by atoms with Gasteiger partial charge in [0.15, 0.2) is 0 Å². The number of aryl methyl sites for hydroxylation is 1. The van der Waals surface area contributed by atoms with Crippen LogP contribution in [0.2, 0.25) is 0 Å². The number of carbonyl (C=O) groups excluding carboxylic acids is 1. The summed E-state index contributed by atoms with van der Waals surface area (Å²) >= 11 is 0. The smallest absolute Gasteiger partial charge is 0.267 e. The fraction of sp³-hybridized carbons (Fsp3) is 0.450. The van der Waals surface area contributed by atoms with E-state index in [0.29, 0.717) is 17.5 Å². The van der Waals surface area contributed by atoms with Crippen molar-refractivity contribution in [1.82, 2.24) is 14.7 Å². The van der Waals surface area contributed by atoms with E-state index in [1.54, 1.807) is 6.07 Å². The van der Waals surface area contributed by atoms with Gasteiger partial charge in [-0.3, -0.25) is 9.59 Å². The van der Waals surface area contributed by atoms with Crippen LogP contribution in [0.15, 0.2) is 41.2 Å². The third-order valence-corrected chi connectivity index (χ3v) is 4.72. The van der Waals surface area contributed by atoms with E-state index in [2.05, 4.69) is 18.9 Å². The molecule has 3 rings (SSSR count). The van der Waals surface area contributed by atoms with Gasteiger partial charge in [-0.25, -0.2) is 4.68 Å². The Hall–Kier alpha value is -2.43. The molecule has 1 fully saturated rings. The first-order chi connectivity index (χ1) is 11.9. The lowest BCUT2D eigenvalue weighted by Gasteiger charge is -2.35. The number of benzene rings is 1. The molecule has 1 aromatic heterocycles.